The highest BCUT2D eigenvalue weighted by Gasteiger charge is 2.51. The quantitative estimate of drug-likeness (QED) is 0.0657. The Morgan fingerprint density at radius 3 is 1.17 bits per heavy atom. The zero-order chi connectivity index (χ0) is 47.7. The highest BCUT2D eigenvalue weighted by molar-refractivity contribution is 5.20. The van der Waals surface area contributed by atoms with E-state index in [1.165, 1.54) is 0 Å². The molecule has 2 aliphatic heterocycles. The first-order valence-electron chi connectivity index (χ1n) is 23.8. The van der Waals surface area contributed by atoms with E-state index < -0.39 is 61.0 Å². The maximum Gasteiger partial charge on any atom is 0.147 e. The van der Waals surface area contributed by atoms with Crippen molar-refractivity contribution in [2.45, 2.75) is 107 Å². The average molecular weight is 942 g/mol. The summed E-state index contributed by atoms with van der Waals surface area (Å²) in [6.45, 7) is 1.49. The van der Waals surface area contributed by atoms with Gasteiger partial charge in [0.1, 0.15) is 66.7 Å². The molecule has 0 radical (unpaired) electrons. The van der Waals surface area contributed by atoms with Crippen molar-refractivity contribution in [2.24, 2.45) is 0 Å². The summed E-state index contributed by atoms with van der Waals surface area (Å²) in [5, 5.41) is 20.4. The Morgan fingerprint density at radius 1 is 0.443 bits per heavy atom. The van der Waals surface area contributed by atoms with Crippen molar-refractivity contribution in [2.75, 3.05) is 6.61 Å². The molecular weight excluding hydrogens is 883 g/mol. The van der Waals surface area contributed by atoms with Crippen LogP contribution in [0, 0.1) is 12.3 Å². The van der Waals surface area contributed by atoms with Gasteiger partial charge in [0, 0.05) is 0 Å². The SMILES string of the molecule is C#C[C@H]1O[C@H](Cn2cc([C@H]3O[C@H](CO)[C@@H](OCc4ccccc4)[C@H](OCc4ccccc4)[C@@H]3OCc3ccccc3)nn2)[C@@H](OCc2ccccc2)[C@H](OCc2ccccc2)[C@@H]1OCc1ccccc1. The normalized spacial score (nSPS) is 24.5. The molecule has 0 aliphatic carbocycles. The molecule has 3 heterocycles. The second kappa shape index (κ2) is 25.0. The van der Waals surface area contributed by atoms with E-state index >= 15 is 0 Å². The third-order valence-electron chi connectivity index (χ3n) is 12.5. The lowest BCUT2D eigenvalue weighted by molar-refractivity contribution is -0.273. The van der Waals surface area contributed by atoms with Gasteiger partial charge in [0.2, 0.25) is 0 Å². The molecule has 0 saturated carbocycles. The van der Waals surface area contributed by atoms with Gasteiger partial charge in [0.25, 0.3) is 0 Å². The third kappa shape index (κ3) is 12.9. The van der Waals surface area contributed by atoms with Crippen molar-refractivity contribution in [3.05, 3.63) is 227 Å². The fourth-order valence-electron chi connectivity index (χ4n) is 8.96. The van der Waals surface area contributed by atoms with Crippen LogP contribution in [0.25, 0.3) is 0 Å². The first kappa shape index (κ1) is 48.7. The molecule has 2 saturated heterocycles. The zero-order valence-corrected chi connectivity index (χ0v) is 39.0. The van der Waals surface area contributed by atoms with Crippen LogP contribution in [0.2, 0.25) is 0 Å². The van der Waals surface area contributed by atoms with Crippen molar-refractivity contribution in [1.82, 2.24) is 15.0 Å². The minimum absolute atomic E-state index is 0.184. The van der Waals surface area contributed by atoms with Gasteiger partial charge in [-0.15, -0.1) is 11.5 Å². The summed E-state index contributed by atoms with van der Waals surface area (Å²) >= 11 is 0. The minimum Gasteiger partial charge on any atom is -0.394 e. The van der Waals surface area contributed by atoms with Gasteiger partial charge in [0.05, 0.1) is 59.0 Å². The molecule has 2 fully saturated rings. The number of hydrogen-bond acceptors (Lipinski definition) is 11. The first-order chi connectivity index (χ1) is 34.6. The fourth-order valence-corrected chi connectivity index (χ4v) is 8.96. The minimum atomic E-state index is -0.833. The standard InChI is InChI=1S/C58H59N3O9/c1-2-49-53(63-36-42-21-9-3-10-22-42)57(67-40-46-29-17-7-18-30-46)54(64-37-43-23-11-4-12-24-43)50(69-49)34-61-33-48(59-60-61)52-56(66-39-45-27-15-6-16-28-45)58(68-41-47-31-19-8-20-32-47)55(51(35-62)70-52)65-38-44-25-13-5-14-26-44/h1,3-33,49-58,62H,34-41H2/t49-,50-,51-,52-,53-,54-,55-,56-,57-,58+/m1/s1. The first-order valence-corrected chi connectivity index (χ1v) is 23.8. The van der Waals surface area contributed by atoms with Crippen LogP contribution in [0.4, 0.5) is 0 Å². The Morgan fingerprint density at radius 2 is 0.786 bits per heavy atom. The number of aliphatic hydroxyl groups excluding tert-OH is 1. The molecule has 70 heavy (non-hydrogen) atoms. The molecule has 360 valence electrons. The second-order valence-electron chi connectivity index (χ2n) is 17.5. The van der Waals surface area contributed by atoms with Crippen LogP contribution in [-0.4, -0.2) is 81.6 Å². The third-order valence-corrected chi connectivity index (χ3v) is 12.5. The van der Waals surface area contributed by atoms with E-state index in [2.05, 4.69) is 11.1 Å². The molecule has 6 aromatic carbocycles. The molecule has 0 spiro atoms. The van der Waals surface area contributed by atoms with Gasteiger partial charge in [-0.2, -0.15) is 0 Å². The lowest BCUT2D eigenvalue weighted by atomic mass is 9.92. The molecule has 0 amide bonds. The van der Waals surface area contributed by atoms with Crippen molar-refractivity contribution < 1.29 is 43.0 Å². The van der Waals surface area contributed by atoms with E-state index in [1.807, 2.05) is 188 Å². The van der Waals surface area contributed by atoms with Gasteiger partial charge >= 0.3 is 0 Å². The van der Waals surface area contributed by atoms with E-state index in [9.17, 15) is 5.11 Å². The molecule has 1 N–H and O–H groups in total. The molecular formula is C58H59N3O9. The van der Waals surface area contributed by atoms with E-state index in [0.717, 1.165) is 33.4 Å². The van der Waals surface area contributed by atoms with Crippen molar-refractivity contribution in [3.8, 4) is 12.3 Å². The number of rotatable bonds is 22. The summed E-state index contributed by atoms with van der Waals surface area (Å²) in [5.41, 5.74) is 6.34. The number of aromatic nitrogens is 3. The predicted octanol–water partition coefficient (Wildman–Crippen LogP) is 8.62. The zero-order valence-electron chi connectivity index (χ0n) is 39.0. The second-order valence-corrected chi connectivity index (χ2v) is 17.5. The monoisotopic (exact) mass is 941 g/mol. The number of benzene rings is 6. The van der Waals surface area contributed by atoms with Crippen LogP contribution in [0.15, 0.2) is 188 Å². The maximum atomic E-state index is 11.0. The highest BCUT2D eigenvalue weighted by Crippen LogP contribution is 2.38. The lowest BCUT2D eigenvalue weighted by Gasteiger charge is -2.45. The predicted molar refractivity (Wildman–Crippen MR) is 262 cm³/mol. The van der Waals surface area contributed by atoms with Crippen LogP contribution >= 0.6 is 0 Å². The van der Waals surface area contributed by atoms with Gasteiger partial charge in [-0.05, 0) is 33.4 Å². The van der Waals surface area contributed by atoms with Crippen molar-refractivity contribution in [1.29, 1.82) is 0 Å². The molecule has 1 aromatic heterocycles. The summed E-state index contributed by atoms with van der Waals surface area (Å²) < 4.78 is 56.0. The van der Waals surface area contributed by atoms with Crippen molar-refractivity contribution in [3.63, 3.8) is 0 Å². The molecule has 9 rings (SSSR count). The molecule has 10 atom stereocenters. The lowest BCUT2D eigenvalue weighted by Crippen LogP contribution is -2.60. The van der Waals surface area contributed by atoms with Crippen LogP contribution in [0.5, 0.6) is 0 Å². The van der Waals surface area contributed by atoms with Gasteiger partial charge in [-0.25, -0.2) is 4.68 Å². The fraction of sp³-hybridized carbons (Fsp3) is 0.310. The van der Waals surface area contributed by atoms with Crippen molar-refractivity contribution >= 4 is 0 Å². The molecule has 0 unspecified atom stereocenters. The number of hydrogen-bond donors (Lipinski definition) is 1. The largest absolute Gasteiger partial charge is 0.394 e. The highest BCUT2D eigenvalue weighted by atomic mass is 16.6. The number of nitrogens with zero attached hydrogens (tertiary/aromatic N) is 3. The maximum absolute atomic E-state index is 11.0. The van der Waals surface area contributed by atoms with Gasteiger partial charge in [-0.1, -0.05) is 193 Å². The average Bonchev–Trinajstić information content (AvgIpc) is 3.89. The molecule has 7 aromatic rings. The van der Waals surface area contributed by atoms with Crippen LogP contribution in [-0.2, 0) is 84.1 Å². The number of ether oxygens (including phenoxy) is 8. The van der Waals surface area contributed by atoms with Crippen LogP contribution in [0.1, 0.15) is 45.2 Å². The van der Waals surface area contributed by atoms with E-state index in [-0.39, 0.29) is 39.6 Å². The number of aliphatic hydroxyl groups is 1. The Balaban J connectivity index is 1.03. The summed E-state index contributed by atoms with van der Waals surface area (Å²) in [6, 6.07) is 59.6. The number of terminal acetylenes is 1. The van der Waals surface area contributed by atoms with E-state index in [1.54, 1.807) is 4.68 Å². The van der Waals surface area contributed by atoms with Gasteiger partial charge in [-0.3, -0.25) is 0 Å². The molecule has 12 heteroatoms. The summed E-state index contributed by atoms with van der Waals surface area (Å²) in [4.78, 5) is 0. The van der Waals surface area contributed by atoms with E-state index in [0.29, 0.717) is 18.9 Å². The molecule has 0 bridgehead atoms. The van der Waals surface area contributed by atoms with E-state index in [4.69, 9.17) is 49.4 Å². The van der Waals surface area contributed by atoms with Crippen LogP contribution < -0.4 is 0 Å². The van der Waals surface area contributed by atoms with Gasteiger partial charge < -0.3 is 43.0 Å². The topological polar surface area (TPSA) is 125 Å². The van der Waals surface area contributed by atoms with Crippen LogP contribution in [0.3, 0.4) is 0 Å². The smallest absolute Gasteiger partial charge is 0.147 e. The Hall–Kier alpha value is -6.34. The Bertz CT molecular complexity index is 2620. The molecule has 12 nitrogen and oxygen atoms in total. The Kier molecular flexibility index (Phi) is 17.4. The Labute approximate surface area is 410 Å². The molecule has 2 aliphatic rings. The summed E-state index contributed by atoms with van der Waals surface area (Å²) in [7, 11) is 0. The van der Waals surface area contributed by atoms with Gasteiger partial charge in [0.15, 0.2) is 0 Å². The summed E-state index contributed by atoms with van der Waals surface area (Å²) in [5.74, 6) is 2.87. The summed E-state index contributed by atoms with van der Waals surface area (Å²) in [6.07, 6.45) is 0.803.